The smallest absolute Gasteiger partial charge is 0.126 e. The van der Waals surface area contributed by atoms with Crippen LogP contribution in [0.3, 0.4) is 0 Å². The van der Waals surface area contributed by atoms with Crippen molar-refractivity contribution in [2.75, 3.05) is 6.26 Å². The van der Waals surface area contributed by atoms with E-state index >= 15 is 0 Å². The zero-order valence-electron chi connectivity index (χ0n) is 7.60. The molecule has 2 rings (SSSR count). The molecule has 0 amide bonds. The Labute approximate surface area is 83.9 Å². The standard InChI is InChI=1S/C10H9NO2S/c1-14(13)7-5-9-8(10(12)6-7)3-2-4-11-9/h2-6,12H,1H3. The summed E-state index contributed by atoms with van der Waals surface area (Å²) in [5, 5.41) is 10.3. The third kappa shape index (κ3) is 1.48. The van der Waals surface area contributed by atoms with E-state index < -0.39 is 10.8 Å². The summed E-state index contributed by atoms with van der Waals surface area (Å²) in [7, 11) is -1.10. The molecule has 2 aromatic rings. The molecule has 1 atom stereocenters. The van der Waals surface area contributed by atoms with Crippen molar-refractivity contribution in [2.24, 2.45) is 0 Å². The molecule has 14 heavy (non-hydrogen) atoms. The lowest BCUT2D eigenvalue weighted by molar-refractivity contribution is 0.480. The quantitative estimate of drug-likeness (QED) is 0.774. The van der Waals surface area contributed by atoms with Crippen molar-refractivity contribution in [3.8, 4) is 5.75 Å². The maximum atomic E-state index is 11.2. The first-order valence-corrected chi connectivity index (χ1v) is 5.65. The molecule has 0 spiro atoms. The zero-order valence-corrected chi connectivity index (χ0v) is 8.41. The summed E-state index contributed by atoms with van der Waals surface area (Å²) >= 11 is 0. The van der Waals surface area contributed by atoms with E-state index in [0.29, 0.717) is 15.8 Å². The van der Waals surface area contributed by atoms with Crippen molar-refractivity contribution >= 4 is 21.7 Å². The summed E-state index contributed by atoms with van der Waals surface area (Å²) in [6, 6.07) is 6.77. The van der Waals surface area contributed by atoms with Crippen molar-refractivity contribution in [2.45, 2.75) is 4.90 Å². The highest BCUT2D eigenvalue weighted by Gasteiger charge is 2.05. The molecule has 1 aromatic heterocycles. The van der Waals surface area contributed by atoms with E-state index in [0.717, 1.165) is 0 Å². The molecular formula is C10H9NO2S. The van der Waals surface area contributed by atoms with Crippen molar-refractivity contribution in [3.05, 3.63) is 30.5 Å². The number of phenols is 1. The Morgan fingerprint density at radius 1 is 1.43 bits per heavy atom. The second-order valence-corrected chi connectivity index (χ2v) is 4.35. The lowest BCUT2D eigenvalue weighted by Gasteiger charge is -2.02. The number of fused-ring (bicyclic) bond motifs is 1. The molecule has 0 aliphatic rings. The van der Waals surface area contributed by atoms with Gasteiger partial charge in [-0.25, -0.2) is 0 Å². The highest BCUT2D eigenvalue weighted by Crippen LogP contribution is 2.25. The number of benzene rings is 1. The van der Waals surface area contributed by atoms with Gasteiger partial charge in [-0.05, 0) is 24.3 Å². The lowest BCUT2D eigenvalue weighted by atomic mass is 10.2. The largest absolute Gasteiger partial charge is 0.507 e. The van der Waals surface area contributed by atoms with Crippen LogP contribution in [0.2, 0.25) is 0 Å². The van der Waals surface area contributed by atoms with Crippen LogP contribution in [0.15, 0.2) is 35.4 Å². The summed E-state index contributed by atoms with van der Waals surface area (Å²) in [6.45, 7) is 0. The van der Waals surface area contributed by atoms with Crippen LogP contribution in [-0.4, -0.2) is 20.6 Å². The van der Waals surface area contributed by atoms with E-state index in [9.17, 15) is 9.32 Å². The second-order valence-electron chi connectivity index (χ2n) is 2.97. The topological polar surface area (TPSA) is 50.2 Å². The summed E-state index contributed by atoms with van der Waals surface area (Å²) in [6.07, 6.45) is 3.22. The minimum absolute atomic E-state index is 0.126. The maximum absolute atomic E-state index is 11.2. The van der Waals surface area contributed by atoms with Gasteiger partial charge in [0, 0.05) is 33.5 Å². The molecule has 3 nitrogen and oxygen atoms in total. The normalized spacial score (nSPS) is 12.9. The van der Waals surface area contributed by atoms with Gasteiger partial charge in [0.15, 0.2) is 0 Å². The Kier molecular flexibility index (Phi) is 2.21. The van der Waals surface area contributed by atoms with Gasteiger partial charge in [0.1, 0.15) is 5.75 Å². The van der Waals surface area contributed by atoms with Gasteiger partial charge in [-0.2, -0.15) is 0 Å². The average Bonchev–Trinajstić information content (AvgIpc) is 2.17. The van der Waals surface area contributed by atoms with Gasteiger partial charge in [-0.3, -0.25) is 9.19 Å². The van der Waals surface area contributed by atoms with Crippen LogP contribution >= 0.6 is 0 Å². The molecule has 0 aliphatic carbocycles. The fraction of sp³-hybridized carbons (Fsp3) is 0.100. The molecular weight excluding hydrogens is 198 g/mol. The van der Waals surface area contributed by atoms with Crippen LogP contribution in [0.4, 0.5) is 0 Å². The first-order valence-electron chi connectivity index (χ1n) is 4.09. The van der Waals surface area contributed by atoms with Crippen molar-refractivity contribution < 1.29 is 9.32 Å². The average molecular weight is 207 g/mol. The van der Waals surface area contributed by atoms with Crippen molar-refractivity contribution in [3.63, 3.8) is 0 Å². The molecule has 1 N–H and O–H groups in total. The minimum Gasteiger partial charge on any atom is -0.507 e. The predicted molar refractivity (Wildman–Crippen MR) is 55.7 cm³/mol. The lowest BCUT2D eigenvalue weighted by Crippen LogP contribution is -1.88. The molecule has 0 saturated heterocycles. The number of nitrogens with zero attached hydrogens (tertiary/aromatic N) is 1. The Bertz CT molecular complexity index is 510. The van der Waals surface area contributed by atoms with Gasteiger partial charge >= 0.3 is 0 Å². The zero-order chi connectivity index (χ0) is 10.1. The Morgan fingerprint density at radius 3 is 2.93 bits per heavy atom. The van der Waals surface area contributed by atoms with E-state index in [1.807, 2.05) is 0 Å². The van der Waals surface area contributed by atoms with Gasteiger partial charge in [0.05, 0.1) is 5.52 Å². The number of hydrogen-bond donors (Lipinski definition) is 1. The molecule has 0 saturated carbocycles. The Morgan fingerprint density at radius 2 is 2.21 bits per heavy atom. The van der Waals surface area contributed by atoms with Gasteiger partial charge < -0.3 is 5.11 Å². The van der Waals surface area contributed by atoms with Gasteiger partial charge in [0.25, 0.3) is 0 Å². The predicted octanol–water partition coefficient (Wildman–Crippen LogP) is 1.68. The third-order valence-corrected chi connectivity index (χ3v) is 2.90. The molecule has 0 radical (unpaired) electrons. The molecule has 1 heterocycles. The minimum atomic E-state index is -1.10. The van der Waals surface area contributed by atoms with Gasteiger partial charge in [0.2, 0.25) is 0 Å². The Hall–Kier alpha value is -1.42. The Balaban J connectivity index is 2.78. The second kappa shape index (κ2) is 3.38. The number of phenolic OH excluding ortho intramolecular Hbond substituents is 1. The van der Waals surface area contributed by atoms with Gasteiger partial charge in [-0.15, -0.1) is 0 Å². The maximum Gasteiger partial charge on any atom is 0.126 e. The SMILES string of the molecule is CS(=O)c1cc(O)c2cccnc2c1. The molecule has 0 fully saturated rings. The first kappa shape index (κ1) is 9.15. The molecule has 72 valence electrons. The molecule has 0 aliphatic heterocycles. The molecule has 0 bridgehead atoms. The summed E-state index contributed by atoms with van der Waals surface area (Å²) < 4.78 is 11.2. The highest BCUT2D eigenvalue weighted by molar-refractivity contribution is 7.84. The number of rotatable bonds is 1. The first-order chi connectivity index (χ1) is 6.68. The monoisotopic (exact) mass is 207 g/mol. The fourth-order valence-corrected chi connectivity index (χ4v) is 1.86. The van der Waals surface area contributed by atoms with Crippen LogP contribution in [0, 0.1) is 0 Å². The molecule has 1 aromatic carbocycles. The van der Waals surface area contributed by atoms with E-state index in [-0.39, 0.29) is 5.75 Å². The number of hydrogen-bond acceptors (Lipinski definition) is 3. The van der Waals surface area contributed by atoms with Crippen LogP contribution < -0.4 is 0 Å². The van der Waals surface area contributed by atoms with Crippen LogP contribution in [-0.2, 0) is 10.8 Å². The van der Waals surface area contributed by atoms with Crippen LogP contribution in [0.5, 0.6) is 5.75 Å². The number of aromatic nitrogens is 1. The van der Waals surface area contributed by atoms with Crippen molar-refractivity contribution in [1.82, 2.24) is 4.98 Å². The molecule has 1 unspecified atom stereocenters. The number of aromatic hydroxyl groups is 1. The van der Waals surface area contributed by atoms with Crippen LogP contribution in [0.1, 0.15) is 0 Å². The molecule has 4 heteroatoms. The van der Waals surface area contributed by atoms with Crippen LogP contribution in [0.25, 0.3) is 10.9 Å². The fourth-order valence-electron chi connectivity index (χ4n) is 1.30. The van der Waals surface area contributed by atoms with E-state index in [1.54, 1.807) is 30.7 Å². The van der Waals surface area contributed by atoms with E-state index in [2.05, 4.69) is 4.98 Å². The van der Waals surface area contributed by atoms with Crippen molar-refractivity contribution in [1.29, 1.82) is 0 Å². The third-order valence-electron chi connectivity index (χ3n) is 2.00. The van der Waals surface area contributed by atoms with Gasteiger partial charge in [-0.1, -0.05) is 0 Å². The summed E-state index contributed by atoms with van der Waals surface area (Å²) in [5.41, 5.74) is 0.665. The number of pyridine rings is 1. The van der Waals surface area contributed by atoms with E-state index in [4.69, 9.17) is 0 Å². The van der Waals surface area contributed by atoms with E-state index in [1.165, 1.54) is 6.07 Å². The summed E-state index contributed by atoms with van der Waals surface area (Å²) in [5.74, 6) is 0.126. The summed E-state index contributed by atoms with van der Waals surface area (Å²) in [4.78, 5) is 4.68. The highest BCUT2D eigenvalue weighted by atomic mass is 32.2.